The summed E-state index contributed by atoms with van der Waals surface area (Å²) in [6.07, 6.45) is 1.94. The fourth-order valence-electron chi connectivity index (χ4n) is 1.11. The van der Waals surface area contributed by atoms with Crippen LogP contribution in [-0.4, -0.2) is 5.75 Å². The number of hydrogen-bond acceptors (Lipinski definition) is 4. The molecule has 2 nitrogen and oxygen atoms in total. The van der Waals surface area contributed by atoms with Crippen LogP contribution in [0.4, 0.5) is 0 Å². The van der Waals surface area contributed by atoms with Gasteiger partial charge in [0.25, 0.3) is 0 Å². The van der Waals surface area contributed by atoms with E-state index in [0.717, 1.165) is 34.0 Å². The molecule has 1 rings (SSSR count). The van der Waals surface area contributed by atoms with E-state index in [2.05, 4.69) is 0 Å². The lowest BCUT2D eigenvalue weighted by Gasteiger charge is -1.99. The number of thioether (sulfide) groups is 2. The molecule has 0 aromatic heterocycles. The first-order valence-corrected chi connectivity index (χ1v) is 6.40. The molecule has 0 aliphatic heterocycles. The molecule has 0 saturated carbocycles. The first kappa shape index (κ1) is 12.7. The van der Waals surface area contributed by atoms with Crippen molar-refractivity contribution in [1.82, 2.24) is 0 Å². The van der Waals surface area contributed by atoms with Crippen LogP contribution in [0.3, 0.4) is 0 Å². The van der Waals surface area contributed by atoms with Gasteiger partial charge < -0.3 is 0 Å². The minimum atomic E-state index is 0.558. The van der Waals surface area contributed by atoms with Crippen molar-refractivity contribution in [2.45, 2.75) is 6.92 Å². The van der Waals surface area contributed by atoms with Gasteiger partial charge in [-0.2, -0.15) is 10.5 Å². The standard InChI is InChI=1S/C12H10N2S2/c1-10-2-4-11(5-3-10)6-12(16-9-14)7-15-8-13/h2-6H,7H2,1H3/b12-6+. The van der Waals surface area contributed by atoms with Crippen molar-refractivity contribution < 1.29 is 0 Å². The third kappa shape index (κ3) is 4.44. The lowest BCUT2D eigenvalue weighted by atomic mass is 10.1. The lowest BCUT2D eigenvalue weighted by Crippen LogP contribution is -1.81. The molecule has 0 bridgehead atoms. The van der Waals surface area contributed by atoms with Crippen LogP contribution < -0.4 is 0 Å². The van der Waals surface area contributed by atoms with E-state index in [9.17, 15) is 0 Å². The summed E-state index contributed by atoms with van der Waals surface area (Å²) in [4.78, 5) is 0.901. The Kier molecular flexibility index (Phi) is 5.56. The fraction of sp³-hybridized carbons (Fsp3) is 0.167. The molecule has 0 amide bonds. The SMILES string of the molecule is Cc1ccc(/C=C(\CSC#N)SC#N)cc1. The highest BCUT2D eigenvalue weighted by molar-refractivity contribution is 8.10. The van der Waals surface area contributed by atoms with Gasteiger partial charge in [-0.25, -0.2) is 0 Å². The van der Waals surface area contributed by atoms with Crippen LogP contribution in [0.25, 0.3) is 6.08 Å². The van der Waals surface area contributed by atoms with Crippen LogP contribution in [0, 0.1) is 28.3 Å². The van der Waals surface area contributed by atoms with Gasteiger partial charge >= 0.3 is 0 Å². The summed E-state index contributed by atoms with van der Waals surface area (Å²) in [5.41, 5.74) is 2.26. The first-order valence-electron chi connectivity index (χ1n) is 4.60. The van der Waals surface area contributed by atoms with Crippen molar-refractivity contribution in [1.29, 1.82) is 10.5 Å². The van der Waals surface area contributed by atoms with Gasteiger partial charge in [-0.05, 0) is 42.1 Å². The Morgan fingerprint density at radius 1 is 1.25 bits per heavy atom. The lowest BCUT2D eigenvalue weighted by molar-refractivity contribution is 1.46. The number of thiocyanates is 2. The monoisotopic (exact) mass is 246 g/mol. The number of rotatable bonds is 4. The average molecular weight is 246 g/mol. The second-order valence-corrected chi connectivity index (χ2v) is 4.77. The van der Waals surface area contributed by atoms with Gasteiger partial charge in [0.15, 0.2) is 0 Å². The molecule has 4 heteroatoms. The molecule has 0 radical (unpaired) electrons. The molecular formula is C12H10N2S2. The molecule has 0 fully saturated rings. The molecule has 16 heavy (non-hydrogen) atoms. The van der Waals surface area contributed by atoms with E-state index in [1.807, 2.05) is 48.1 Å². The van der Waals surface area contributed by atoms with Crippen molar-refractivity contribution in [2.24, 2.45) is 0 Å². The summed E-state index contributed by atoms with van der Waals surface area (Å²) >= 11 is 2.25. The summed E-state index contributed by atoms with van der Waals surface area (Å²) in [7, 11) is 0. The van der Waals surface area contributed by atoms with Gasteiger partial charge in [-0.3, -0.25) is 0 Å². The highest BCUT2D eigenvalue weighted by Crippen LogP contribution is 2.22. The summed E-state index contributed by atoms with van der Waals surface area (Å²) in [6, 6.07) is 8.06. The third-order valence-electron chi connectivity index (χ3n) is 1.86. The fourth-order valence-corrected chi connectivity index (χ4v) is 2.13. The van der Waals surface area contributed by atoms with E-state index in [-0.39, 0.29) is 0 Å². The number of nitrogens with zero attached hydrogens (tertiary/aromatic N) is 2. The molecule has 0 aliphatic rings. The maximum Gasteiger partial charge on any atom is 0.138 e. The third-order valence-corrected chi connectivity index (χ3v) is 3.24. The van der Waals surface area contributed by atoms with Gasteiger partial charge in [0.1, 0.15) is 10.8 Å². The quantitative estimate of drug-likeness (QED) is 0.759. The minimum Gasteiger partial charge on any atom is -0.185 e. The Morgan fingerprint density at radius 3 is 2.50 bits per heavy atom. The molecule has 1 aromatic carbocycles. The summed E-state index contributed by atoms with van der Waals surface area (Å²) in [6.45, 7) is 2.03. The van der Waals surface area contributed by atoms with Crippen LogP contribution >= 0.6 is 23.5 Å². The van der Waals surface area contributed by atoms with Crippen LogP contribution in [0.15, 0.2) is 29.2 Å². The topological polar surface area (TPSA) is 47.6 Å². The second-order valence-electron chi connectivity index (χ2n) is 3.09. The molecule has 1 aromatic rings. The highest BCUT2D eigenvalue weighted by atomic mass is 32.2. The molecule has 0 atom stereocenters. The van der Waals surface area contributed by atoms with Gasteiger partial charge in [0, 0.05) is 10.7 Å². The number of aryl methyl sites for hydroxylation is 1. The van der Waals surface area contributed by atoms with E-state index < -0.39 is 0 Å². The number of nitriles is 2. The zero-order valence-electron chi connectivity index (χ0n) is 8.80. The summed E-state index contributed by atoms with van der Waals surface area (Å²) < 4.78 is 0. The Bertz CT molecular complexity index is 449. The molecular weight excluding hydrogens is 236 g/mol. The van der Waals surface area contributed by atoms with Crippen molar-refractivity contribution in [3.05, 3.63) is 40.3 Å². The van der Waals surface area contributed by atoms with E-state index in [1.165, 1.54) is 5.56 Å². The second kappa shape index (κ2) is 7.00. The molecule has 0 unspecified atom stereocenters. The van der Waals surface area contributed by atoms with Crippen LogP contribution in [0.1, 0.15) is 11.1 Å². The predicted octanol–water partition coefficient (Wildman–Crippen LogP) is 3.76. The molecule has 0 N–H and O–H groups in total. The number of hydrogen-bond donors (Lipinski definition) is 0. The van der Waals surface area contributed by atoms with Crippen molar-refractivity contribution in [3.8, 4) is 10.8 Å². The largest absolute Gasteiger partial charge is 0.185 e. The molecule has 0 spiro atoms. The van der Waals surface area contributed by atoms with Crippen molar-refractivity contribution in [3.63, 3.8) is 0 Å². The van der Waals surface area contributed by atoms with Gasteiger partial charge in [0.2, 0.25) is 0 Å². The van der Waals surface area contributed by atoms with Gasteiger partial charge in [-0.1, -0.05) is 29.8 Å². The smallest absolute Gasteiger partial charge is 0.138 e. The van der Waals surface area contributed by atoms with E-state index in [0.29, 0.717) is 5.75 Å². The Morgan fingerprint density at radius 2 is 1.94 bits per heavy atom. The van der Waals surface area contributed by atoms with E-state index in [1.54, 1.807) is 0 Å². The van der Waals surface area contributed by atoms with Crippen molar-refractivity contribution >= 4 is 29.6 Å². The Labute approximate surface area is 104 Å². The maximum absolute atomic E-state index is 8.64. The first-order chi connectivity index (χ1) is 7.76. The van der Waals surface area contributed by atoms with Crippen LogP contribution in [0.2, 0.25) is 0 Å². The predicted molar refractivity (Wildman–Crippen MR) is 70.4 cm³/mol. The molecule has 0 saturated heterocycles. The van der Waals surface area contributed by atoms with Crippen LogP contribution in [0.5, 0.6) is 0 Å². The zero-order chi connectivity index (χ0) is 11.8. The minimum absolute atomic E-state index is 0.558. The average Bonchev–Trinajstić information content (AvgIpc) is 2.29. The maximum atomic E-state index is 8.64. The van der Waals surface area contributed by atoms with Gasteiger partial charge in [-0.15, -0.1) is 0 Å². The summed E-state index contributed by atoms with van der Waals surface area (Å²) in [5.74, 6) is 0.558. The van der Waals surface area contributed by atoms with Gasteiger partial charge in [0.05, 0.1) is 0 Å². The molecule has 0 heterocycles. The Balaban J connectivity index is 2.81. The normalized spacial score (nSPS) is 10.6. The highest BCUT2D eigenvalue weighted by Gasteiger charge is 1.99. The summed E-state index contributed by atoms with van der Waals surface area (Å²) in [5, 5.41) is 21.2. The van der Waals surface area contributed by atoms with Crippen LogP contribution in [-0.2, 0) is 0 Å². The molecule has 80 valence electrons. The zero-order valence-corrected chi connectivity index (χ0v) is 10.4. The van der Waals surface area contributed by atoms with E-state index >= 15 is 0 Å². The molecule has 0 aliphatic carbocycles. The number of benzene rings is 1. The Hall–Kier alpha value is -1.36. The van der Waals surface area contributed by atoms with E-state index in [4.69, 9.17) is 10.5 Å². The van der Waals surface area contributed by atoms with Crippen molar-refractivity contribution in [2.75, 3.05) is 5.75 Å².